The molecule has 0 radical (unpaired) electrons. The Bertz CT molecular complexity index is 589. The number of sulfone groups is 1. The average Bonchev–Trinajstić information content (AvgIpc) is 2.42. The van der Waals surface area contributed by atoms with Crippen LogP contribution in [0.1, 0.15) is 31.2 Å². The minimum Gasteiger partial charge on any atom is -0.490 e. The van der Waals surface area contributed by atoms with Crippen LogP contribution in [0.25, 0.3) is 0 Å². The molecular formula is C15H22FNO3S. The predicted molar refractivity (Wildman–Crippen MR) is 80.7 cm³/mol. The van der Waals surface area contributed by atoms with Gasteiger partial charge < -0.3 is 10.5 Å². The van der Waals surface area contributed by atoms with E-state index in [4.69, 9.17) is 10.5 Å². The van der Waals surface area contributed by atoms with Crippen molar-refractivity contribution in [3.05, 3.63) is 29.6 Å². The summed E-state index contributed by atoms with van der Waals surface area (Å²) in [6, 6.07) is 4.38. The van der Waals surface area contributed by atoms with Gasteiger partial charge in [0.1, 0.15) is 21.4 Å². The van der Waals surface area contributed by atoms with Gasteiger partial charge >= 0.3 is 0 Å². The van der Waals surface area contributed by atoms with Crippen LogP contribution < -0.4 is 10.5 Å². The number of halogens is 1. The number of hydrogen-bond donors (Lipinski definition) is 1. The van der Waals surface area contributed by atoms with Gasteiger partial charge in [-0.25, -0.2) is 12.8 Å². The van der Waals surface area contributed by atoms with Crippen LogP contribution in [0.15, 0.2) is 18.2 Å². The van der Waals surface area contributed by atoms with Crippen LogP contribution >= 0.6 is 0 Å². The molecule has 2 atom stereocenters. The van der Waals surface area contributed by atoms with E-state index in [0.29, 0.717) is 31.6 Å². The van der Waals surface area contributed by atoms with Crippen molar-refractivity contribution >= 4 is 9.84 Å². The molecule has 118 valence electrons. The van der Waals surface area contributed by atoms with Gasteiger partial charge in [0.15, 0.2) is 0 Å². The summed E-state index contributed by atoms with van der Waals surface area (Å²) in [5.74, 6) is 0.296. The molecule has 1 aliphatic rings. The lowest BCUT2D eigenvalue weighted by Crippen LogP contribution is -2.33. The highest BCUT2D eigenvalue weighted by molar-refractivity contribution is 7.91. The average molecular weight is 315 g/mol. The van der Waals surface area contributed by atoms with E-state index in [1.807, 2.05) is 0 Å². The van der Waals surface area contributed by atoms with Gasteiger partial charge in [0.2, 0.25) is 0 Å². The second-order valence-corrected chi connectivity index (χ2v) is 7.97. The van der Waals surface area contributed by atoms with Gasteiger partial charge in [0.05, 0.1) is 11.4 Å². The van der Waals surface area contributed by atoms with Crippen LogP contribution in [0.3, 0.4) is 0 Å². The monoisotopic (exact) mass is 315 g/mol. The van der Waals surface area contributed by atoms with E-state index in [9.17, 15) is 12.8 Å². The van der Waals surface area contributed by atoms with Gasteiger partial charge in [0.25, 0.3) is 0 Å². The maximum atomic E-state index is 13.3. The summed E-state index contributed by atoms with van der Waals surface area (Å²) in [6.45, 7) is 0.413. The zero-order valence-corrected chi connectivity index (χ0v) is 13.0. The first-order chi connectivity index (χ1) is 9.90. The molecule has 2 rings (SSSR count). The van der Waals surface area contributed by atoms with Crippen molar-refractivity contribution in [2.75, 3.05) is 12.8 Å². The van der Waals surface area contributed by atoms with Crippen LogP contribution in [-0.2, 0) is 16.3 Å². The first kappa shape index (κ1) is 16.2. The van der Waals surface area contributed by atoms with Gasteiger partial charge in [-0.2, -0.15) is 0 Å². The molecule has 1 saturated carbocycles. The molecule has 2 unspecified atom stereocenters. The lowest BCUT2D eigenvalue weighted by Gasteiger charge is -2.29. The molecule has 0 aromatic heterocycles. The van der Waals surface area contributed by atoms with E-state index in [0.717, 1.165) is 18.4 Å². The smallest absolute Gasteiger partial charge is 0.150 e. The quantitative estimate of drug-likeness (QED) is 0.903. The van der Waals surface area contributed by atoms with Crippen molar-refractivity contribution in [3.8, 4) is 5.75 Å². The van der Waals surface area contributed by atoms with Crippen molar-refractivity contribution in [3.63, 3.8) is 0 Å². The Balaban J connectivity index is 2.11. The summed E-state index contributed by atoms with van der Waals surface area (Å²) >= 11 is 0. The summed E-state index contributed by atoms with van der Waals surface area (Å²) in [5, 5.41) is -0.338. The summed E-state index contributed by atoms with van der Waals surface area (Å²) in [7, 11) is -3.04. The summed E-state index contributed by atoms with van der Waals surface area (Å²) in [6.07, 6.45) is 4.52. The Labute approximate surface area is 125 Å². The zero-order chi connectivity index (χ0) is 15.5. The highest BCUT2D eigenvalue weighted by Crippen LogP contribution is 2.29. The zero-order valence-electron chi connectivity index (χ0n) is 12.2. The van der Waals surface area contributed by atoms with Crippen molar-refractivity contribution in [2.45, 2.75) is 43.5 Å². The molecule has 0 aliphatic heterocycles. The Morgan fingerprint density at radius 1 is 1.38 bits per heavy atom. The van der Waals surface area contributed by atoms with Crippen LogP contribution in [-0.4, -0.2) is 32.6 Å². The normalized spacial score (nSPS) is 23.0. The lowest BCUT2D eigenvalue weighted by molar-refractivity contribution is 0.154. The molecule has 1 aliphatic carbocycles. The number of benzene rings is 1. The molecule has 0 heterocycles. The van der Waals surface area contributed by atoms with Crippen LogP contribution in [0.4, 0.5) is 4.39 Å². The molecule has 0 spiro atoms. The molecule has 1 fully saturated rings. The largest absolute Gasteiger partial charge is 0.490 e. The van der Waals surface area contributed by atoms with E-state index >= 15 is 0 Å². The van der Waals surface area contributed by atoms with Crippen molar-refractivity contribution in [2.24, 2.45) is 5.73 Å². The molecule has 0 saturated heterocycles. The maximum Gasteiger partial charge on any atom is 0.150 e. The van der Waals surface area contributed by atoms with Crippen LogP contribution in [0.5, 0.6) is 5.75 Å². The van der Waals surface area contributed by atoms with Crippen LogP contribution in [0.2, 0.25) is 0 Å². The number of rotatable bonds is 5. The van der Waals surface area contributed by atoms with Gasteiger partial charge in [-0.1, -0.05) is 0 Å². The fraction of sp³-hybridized carbons (Fsp3) is 0.600. The number of hydrogen-bond acceptors (Lipinski definition) is 4. The molecule has 1 aromatic rings. The van der Waals surface area contributed by atoms with E-state index in [-0.39, 0.29) is 17.2 Å². The number of nitrogens with two attached hydrogens (primary N) is 1. The topological polar surface area (TPSA) is 69.4 Å². The Morgan fingerprint density at radius 2 is 2.14 bits per heavy atom. The third-order valence-electron chi connectivity index (χ3n) is 3.91. The Morgan fingerprint density at radius 3 is 2.81 bits per heavy atom. The maximum absolute atomic E-state index is 13.3. The lowest BCUT2D eigenvalue weighted by atomic mass is 9.97. The third-order valence-corrected chi connectivity index (χ3v) is 5.55. The van der Waals surface area contributed by atoms with E-state index in [2.05, 4.69) is 0 Å². The van der Waals surface area contributed by atoms with Gasteiger partial charge in [0, 0.05) is 12.7 Å². The standard InChI is InChI=1S/C15H22FNO3S/c1-21(18,19)14-4-2-3-13(10-14)20-15-6-5-12(16)9-11(15)7-8-17/h5-6,9,13-14H,2-4,7-8,10,17H2,1H3. The molecule has 0 bridgehead atoms. The Hall–Kier alpha value is -1.14. The highest BCUT2D eigenvalue weighted by atomic mass is 32.2. The van der Waals surface area contributed by atoms with E-state index in [1.165, 1.54) is 18.4 Å². The van der Waals surface area contributed by atoms with Crippen LogP contribution in [0, 0.1) is 5.82 Å². The van der Waals surface area contributed by atoms with E-state index in [1.54, 1.807) is 6.07 Å². The molecule has 21 heavy (non-hydrogen) atoms. The molecular weight excluding hydrogens is 293 g/mol. The number of ether oxygens (including phenoxy) is 1. The molecule has 2 N–H and O–H groups in total. The van der Waals surface area contributed by atoms with Gasteiger partial charge in [-0.3, -0.25) is 0 Å². The minimum atomic E-state index is -3.04. The molecule has 1 aromatic carbocycles. The fourth-order valence-corrected chi connectivity index (χ4v) is 3.95. The third kappa shape index (κ3) is 4.41. The van der Waals surface area contributed by atoms with Crippen molar-refractivity contribution in [1.29, 1.82) is 0 Å². The molecule has 4 nitrogen and oxygen atoms in total. The first-order valence-electron chi connectivity index (χ1n) is 7.24. The van der Waals surface area contributed by atoms with E-state index < -0.39 is 9.84 Å². The highest BCUT2D eigenvalue weighted by Gasteiger charge is 2.30. The molecule has 0 amide bonds. The predicted octanol–water partition coefficient (Wildman–Crippen LogP) is 2.06. The summed E-state index contributed by atoms with van der Waals surface area (Å²) in [4.78, 5) is 0. The van der Waals surface area contributed by atoms with Crippen molar-refractivity contribution in [1.82, 2.24) is 0 Å². The minimum absolute atomic E-state index is 0.138. The summed E-state index contributed by atoms with van der Waals surface area (Å²) in [5.41, 5.74) is 6.27. The van der Waals surface area contributed by atoms with Gasteiger partial charge in [-0.15, -0.1) is 0 Å². The SMILES string of the molecule is CS(=O)(=O)C1CCCC(Oc2ccc(F)cc2CCN)C1. The van der Waals surface area contributed by atoms with Gasteiger partial charge in [-0.05, 0) is 56.0 Å². The second-order valence-electron chi connectivity index (χ2n) is 5.65. The summed E-state index contributed by atoms with van der Waals surface area (Å²) < 4.78 is 42.6. The second kappa shape index (κ2) is 6.75. The first-order valence-corrected chi connectivity index (χ1v) is 9.19. The molecule has 6 heteroatoms. The fourth-order valence-electron chi connectivity index (χ4n) is 2.79. The Kier molecular flexibility index (Phi) is 5.22. The van der Waals surface area contributed by atoms with Crippen molar-refractivity contribution < 1.29 is 17.5 Å².